The van der Waals surface area contributed by atoms with Crippen molar-refractivity contribution >= 4 is 5.97 Å². The van der Waals surface area contributed by atoms with Gasteiger partial charge in [0.1, 0.15) is 0 Å². The van der Waals surface area contributed by atoms with Crippen LogP contribution in [0.15, 0.2) is 0 Å². The average molecular weight is 292 g/mol. The summed E-state index contributed by atoms with van der Waals surface area (Å²) in [6.07, 6.45) is -17.7. The fraction of sp³-hybridized carbons (Fsp3) is 0.857. The molecule has 1 N–H and O–H groups in total. The molecule has 0 radical (unpaired) electrons. The van der Waals surface area contributed by atoms with Gasteiger partial charge in [-0.25, -0.2) is 4.39 Å². The SMILES string of the molecule is O=C(O)CC[C@@](F)(C(F)(F)F)C(F)(F)C(F)(F)F. The molecule has 0 aliphatic rings. The second-order valence-corrected chi connectivity index (χ2v) is 3.26. The lowest BCUT2D eigenvalue weighted by Gasteiger charge is -2.35. The van der Waals surface area contributed by atoms with Gasteiger partial charge in [0.25, 0.3) is 5.67 Å². The Hall–Kier alpha value is -1.16. The minimum atomic E-state index is -6.80. The summed E-state index contributed by atoms with van der Waals surface area (Å²) in [5.41, 5.74) is -5.99. The zero-order valence-corrected chi connectivity index (χ0v) is 8.17. The van der Waals surface area contributed by atoms with Crippen LogP contribution in [0.3, 0.4) is 0 Å². The minimum absolute atomic E-state index is 1.83. The minimum Gasteiger partial charge on any atom is -0.481 e. The number of halogens is 9. The van der Waals surface area contributed by atoms with E-state index in [2.05, 4.69) is 0 Å². The van der Waals surface area contributed by atoms with Crippen LogP contribution in [0, 0.1) is 0 Å². The number of carboxylic acids is 1. The van der Waals surface area contributed by atoms with Crippen LogP contribution in [0.5, 0.6) is 0 Å². The third-order valence-corrected chi connectivity index (χ3v) is 1.99. The summed E-state index contributed by atoms with van der Waals surface area (Å²) in [5.74, 6) is -8.88. The molecule has 0 aliphatic carbocycles. The summed E-state index contributed by atoms with van der Waals surface area (Å²) < 4.78 is 109. The predicted molar refractivity (Wildman–Crippen MR) is 37.8 cm³/mol. The lowest BCUT2D eigenvalue weighted by molar-refractivity contribution is -0.384. The Morgan fingerprint density at radius 3 is 1.44 bits per heavy atom. The van der Waals surface area contributed by atoms with Crippen molar-refractivity contribution in [1.29, 1.82) is 0 Å². The number of hydrogen-bond acceptors (Lipinski definition) is 1. The molecule has 0 heterocycles. The van der Waals surface area contributed by atoms with Crippen LogP contribution in [-0.4, -0.2) is 35.0 Å². The van der Waals surface area contributed by atoms with Crippen molar-refractivity contribution in [3.63, 3.8) is 0 Å². The lowest BCUT2D eigenvalue weighted by Crippen LogP contribution is -2.62. The highest BCUT2D eigenvalue weighted by Gasteiger charge is 2.80. The van der Waals surface area contributed by atoms with Gasteiger partial charge in [-0.3, -0.25) is 4.79 Å². The summed E-state index contributed by atoms with van der Waals surface area (Å²) in [4.78, 5) is 9.89. The first-order valence-electron chi connectivity index (χ1n) is 4.09. The van der Waals surface area contributed by atoms with Gasteiger partial charge in [-0.05, 0) is 0 Å². The number of carbonyl (C=O) groups is 1. The van der Waals surface area contributed by atoms with Gasteiger partial charge in [0.2, 0.25) is 0 Å². The van der Waals surface area contributed by atoms with E-state index in [9.17, 15) is 44.3 Å². The highest BCUT2D eigenvalue weighted by Crippen LogP contribution is 2.54. The first kappa shape index (κ1) is 16.8. The van der Waals surface area contributed by atoms with E-state index in [0.717, 1.165) is 0 Å². The van der Waals surface area contributed by atoms with Crippen molar-refractivity contribution in [2.24, 2.45) is 0 Å². The largest absolute Gasteiger partial charge is 0.481 e. The van der Waals surface area contributed by atoms with Gasteiger partial charge >= 0.3 is 24.2 Å². The molecule has 108 valence electrons. The molecule has 0 fully saturated rings. The number of rotatable bonds is 4. The van der Waals surface area contributed by atoms with Crippen molar-refractivity contribution in [2.75, 3.05) is 0 Å². The number of aliphatic carboxylic acids is 1. The molecule has 0 saturated carbocycles. The number of hydrogen-bond donors (Lipinski definition) is 1. The molecule has 0 aromatic carbocycles. The Balaban J connectivity index is 5.56. The Kier molecular flexibility index (Phi) is 4.21. The Labute approximate surface area is 93.4 Å². The quantitative estimate of drug-likeness (QED) is 0.807. The van der Waals surface area contributed by atoms with Crippen LogP contribution in [0.4, 0.5) is 39.5 Å². The van der Waals surface area contributed by atoms with E-state index in [1.54, 1.807) is 0 Å². The zero-order chi connectivity index (χ0) is 15.0. The summed E-state index contributed by atoms with van der Waals surface area (Å²) in [7, 11) is 0. The Morgan fingerprint density at radius 1 is 0.833 bits per heavy atom. The molecule has 0 bridgehead atoms. The molecule has 18 heavy (non-hydrogen) atoms. The summed E-state index contributed by atoms with van der Waals surface area (Å²) in [6.45, 7) is 0. The maximum atomic E-state index is 13.1. The number of alkyl halides is 9. The van der Waals surface area contributed by atoms with E-state index in [-0.39, 0.29) is 0 Å². The van der Waals surface area contributed by atoms with Crippen LogP contribution in [0.25, 0.3) is 0 Å². The van der Waals surface area contributed by atoms with E-state index < -0.39 is 42.8 Å². The van der Waals surface area contributed by atoms with E-state index >= 15 is 0 Å². The van der Waals surface area contributed by atoms with Crippen molar-refractivity contribution in [3.8, 4) is 0 Å². The second kappa shape index (κ2) is 4.50. The molecule has 0 rings (SSSR count). The van der Waals surface area contributed by atoms with Gasteiger partial charge in [0.15, 0.2) is 0 Å². The molecule has 11 heteroatoms. The summed E-state index contributed by atoms with van der Waals surface area (Å²) in [6, 6.07) is 0. The second-order valence-electron chi connectivity index (χ2n) is 3.26. The van der Waals surface area contributed by atoms with Crippen molar-refractivity contribution < 1.29 is 49.4 Å². The van der Waals surface area contributed by atoms with Crippen LogP contribution in [-0.2, 0) is 4.79 Å². The topological polar surface area (TPSA) is 37.3 Å². The highest BCUT2D eigenvalue weighted by atomic mass is 19.4. The maximum Gasteiger partial charge on any atom is 0.457 e. The maximum absolute atomic E-state index is 13.1. The van der Waals surface area contributed by atoms with Crippen LogP contribution in [0.2, 0.25) is 0 Å². The van der Waals surface area contributed by atoms with Crippen LogP contribution >= 0.6 is 0 Å². The molecule has 0 amide bonds. The van der Waals surface area contributed by atoms with Crippen LogP contribution in [0.1, 0.15) is 12.8 Å². The van der Waals surface area contributed by atoms with E-state index in [1.807, 2.05) is 0 Å². The van der Waals surface area contributed by atoms with Gasteiger partial charge < -0.3 is 5.11 Å². The van der Waals surface area contributed by atoms with E-state index in [0.29, 0.717) is 0 Å². The molecule has 1 atom stereocenters. The first-order chi connectivity index (χ1) is 7.67. The Morgan fingerprint density at radius 2 is 1.22 bits per heavy atom. The van der Waals surface area contributed by atoms with Gasteiger partial charge in [-0.15, -0.1) is 0 Å². The molecule has 2 nitrogen and oxygen atoms in total. The third-order valence-electron chi connectivity index (χ3n) is 1.99. The molecular formula is C7H5F9O2. The first-order valence-corrected chi connectivity index (χ1v) is 4.09. The standard InChI is InChI=1S/C7H5F9O2/c8-4(6(11,12)13,2-1-3(17)18)5(9,10)7(14,15)16/h1-2H2,(H,17,18)/t4-/m0/s1. The van der Waals surface area contributed by atoms with Gasteiger partial charge in [-0.1, -0.05) is 0 Å². The van der Waals surface area contributed by atoms with Crippen molar-refractivity contribution in [2.45, 2.75) is 36.8 Å². The molecular weight excluding hydrogens is 287 g/mol. The number of carboxylic acid groups (broad SMARTS) is 1. The van der Waals surface area contributed by atoms with Crippen molar-refractivity contribution in [3.05, 3.63) is 0 Å². The van der Waals surface area contributed by atoms with Gasteiger partial charge in [-0.2, -0.15) is 35.1 Å². The predicted octanol–water partition coefficient (Wildman–Crippen LogP) is 3.32. The molecule has 0 aromatic rings. The smallest absolute Gasteiger partial charge is 0.457 e. The van der Waals surface area contributed by atoms with E-state index in [1.165, 1.54) is 0 Å². The molecule has 0 unspecified atom stereocenters. The third kappa shape index (κ3) is 2.80. The monoisotopic (exact) mass is 292 g/mol. The molecule has 0 spiro atoms. The lowest BCUT2D eigenvalue weighted by atomic mass is 9.90. The normalized spacial score (nSPS) is 17.4. The molecule has 0 saturated heterocycles. The fourth-order valence-electron chi connectivity index (χ4n) is 0.981. The molecule has 0 aliphatic heterocycles. The Bertz CT molecular complexity index is 318. The van der Waals surface area contributed by atoms with Crippen LogP contribution < -0.4 is 0 Å². The molecule has 0 aromatic heterocycles. The van der Waals surface area contributed by atoms with E-state index in [4.69, 9.17) is 5.11 Å². The van der Waals surface area contributed by atoms with Gasteiger partial charge in [0, 0.05) is 12.8 Å². The average Bonchev–Trinajstić information content (AvgIpc) is 2.09. The highest BCUT2D eigenvalue weighted by molar-refractivity contribution is 5.66. The zero-order valence-electron chi connectivity index (χ0n) is 8.17. The fourth-order valence-corrected chi connectivity index (χ4v) is 0.981. The summed E-state index contributed by atoms with van der Waals surface area (Å²) >= 11 is 0. The van der Waals surface area contributed by atoms with Gasteiger partial charge in [0.05, 0.1) is 0 Å². The van der Waals surface area contributed by atoms with Crippen molar-refractivity contribution in [1.82, 2.24) is 0 Å². The summed E-state index contributed by atoms with van der Waals surface area (Å²) in [5, 5.41) is 7.95.